The number of nitrogens with zero attached hydrogens (tertiary/aromatic N) is 1. The van der Waals surface area contributed by atoms with Crippen molar-refractivity contribution in [3.8, 4) is 0 Å². The van der Waals surface area contributed by atoms with Gasteiger partial charge >= 0.3 is 6.03 Å². The maximum atomic E-state index is 12.8. The van der Waals surface area contributed by atoms with Gasteiger partial charge in [0.15, 0.2) is 0 Å². The second kappa shape index (κ2) is 5.92. The minimum Gasteiger partial charge on any atom is -0.334 e. The van der Waals surface area contributed by atoms with E-state index in [0.29, 0.717) is 6.54 Å². The fourth-order valence-corrected chi connectivity index (χ4v) is 3.97. The van der Waals surface area contributed by atoms with E-state index >= 15 is 0 Å². The Morgan fingerprint density at radius 2 is 1.77 bits per heavy atom. The quantitative estimate of drug-likeness (QED) is 0.881. The fourth-order valence-electron chi connectivity index (χ4n) is 3.97. The van der Waals surface area contributed by atoms with Crippen LogP contribution in [0.4, 0.5) is 4.79 Å². The third-order valence-corrected chi connectivity index (χ3v) is 4.63. The van der Waals surface area contributed by atoms with Crippen LogP contribution in [0.2, 0.25) is 0 Å². The Hall–Kier alpha value is -1.55. The fraction of sp³-hybridized carbons (Fsp3) is 0.611. The third kappa shape index (κ3) is 3.43. The van der Waals surface area contributed by atoms with Crippen LogP contribution in [0.25, 0.3) is 0 Å². The zero-order chi connectivity index (χ0) is 16.5. The van der Waals surface area contributed by atoms with Gasteiger partial charge in [-0.25, -0.2) is 4.79 Å². The molecule has 1 saturated heterocycles. The lowest BCUT2D eigenvalue weighted by Gasteiger charge is -2.54. The number of carbonyl (C=O) groups excluding carboxylic acids is 1. The van der Waals surface area contributed by atoms with E-state index in [1.54, 1.807) is 0 Å². The molecule has 1 aliphatic rings. The smallest absolute Gasteiger partial charge is 0.318 e. The van der Waals surface area contributed by atoms with E-state index in [-0.39, 0.29) is 23.2 Å². The van der Waals surface area contributed by atoms with Crippen molar-refractivity contribution >= 4 is 6.03 Å². The summed E-state index contributed by atoms with van der Waals surface area (Å²) >= 11 is 0. The summed E-state index contributed by atoms with van der Waals surface area (Å²) in [4.78, 5) is 14.8. The summed E-state index contributed by atoms with van der Waals surface area (Å²) in [6, 6.07) is 8.27. The predicted octanol–water partition coefficient (Wildman–Crippen LogP) is 3.18. The molecular formula is C18H29N3O. The number of rotatable bonds is 2. The number of nitrogens with one attached hydrogen (secondary N) is 1. The molecule has 1 aliphatic heterocycles. The van der Waals surface area contributed by atoms with Crippen molar-refractivity contribution in [3.05, 3.63) is 35.4 Å². The van der Waals surface area contributed by atoms with Gasteiger partial charge in [0.1, 0.15) is 0 Å². The van der Waals surface area contributed by atoms with Gasteiger partial charge in [-0.2, -0.15) is 0 Å². The van der Waals surface area contributed by atoms with E-state index in [0.717, 1.165) is 18.4 Å². The van der Waals surface area contributed by atoms with Crippen LogP contribution in [-0.2, 0) is 6.54 Å². The first-order valence-electron chi connectivity index (χ1n) is 8.02. The van der Waals surface area contributed by atoms with Crippen molar-refractivity contribution in [2.75, 3.05) is 0 Å². The lowest BCUT2D eigenvalue weighted by molar-refractivity contribution is 0.00299. The number of amides is 2. The Balaban J connectivity index is 2.12. The molecule has 1 aromatic rings. The average Bonchev–Trinajstić information content (AvgIpc) is 2.34. The largest absolute Gasteiger partial charge is 0.334 e. The van der Waals surface area contributed by atoms with Crippen molar-refractivity contribution in [2.24, 2.45) is 5.73 Å². The highest BCUT2D eigenvalue weighted by molar-refractivity contribution is 5.76. The number of carbonyl (C=O) groups is 1. The van der Waals surface area contributed by atoms with E-state index in [1.165, 1.54) is 5.56 Å². The highest BCUT2D eigenvalue weighted by atomic mass is 16.2. The number of aryl methyl sites for hydroxylation is 1. The molecule has 0 saturated carbocycles. The lowest BCUT2D eigenvalue weighted by atomic mass is 9.77. The average molecular weight is 303 g/mol. The molecule has 2 amide bonds. The first-order valence-corrected chi connectivity index (χ1v) is 8.02. The molecule has 0 aliphatic carbocycles. The Labute approximate surface area is 134 Å². The number of hydrogen-bond acceptors (Lipinski definition) is 2. The zero-order valence-electron chi connectivity index (χ0n) is 14.4. The summed E-state index contributed by atoms with van der Waals surface area (Å²) in [7, 11) is 0. The molecule has 2 rings (SSSR count). The highest BCUT2D eigenvalue weighted by Gasteiger charge is 2.46. The molecule has 22 heavy (non-hydrogen) atoms. The van der Waals surface area contributed by atoms with Gasteiger partial charge in [-0.15, -0.1) is 0 Å². The molecule has 0 bridgehead atoms. The van der Waals surface area contributed by atoms with Crippen molar-refractivity contribution in [1.29, 1.82) is 0 Å². The van der Waals surface area contributed by atoms with Crippen LogP contribution in [0.5, 0.6) is 0 Å². The van der Waals surface area contributed by atoms with Crippen LogP contribution >= 0.6 is 0 Å². The van der Waals surface area contributed by atoms with E-state index < -0.39 is 0 Å². The monoisotopic (exact) mass is 303 g/mol. The van der Waals surface area contributed by atoms with Crippen molar-refractivity contribution in [3.63, 3.8) is 0 Å². The van der Waals surface area contributed by atoms with Gasteiger partial charge in [0, 0.05) is 23.7 Å². The summed E-state index contributed by atoms with van der Waals surface area (Å²) in [6.45, 7) is 11.0. The van der Waals surface area contributed by atoms with E-state index in [2.05, 4.69) is 52.1 Å². The lowest BCUT2D eigenvalue weighted by Crippen LogP contribution is -2.66. The first kappa shape index (κ1) is 16.8. The molecule has 4 nitrogen and oxygen atoms in total. The molecule has 1 aromatic carbocycles. The van der Waals surface area contributed by atoms with E-state index in [1.807, 2.05) is 17.0 Å². The van der Waals surface area contributed by atoms with Crippen LogP contribution in [0.15, 0.2) is 24.3 Å². The molecule has 1 fully saturated rings. The van der Waals surface area contributed by atoms with Gasteiger partial charge in [-0.1, -0.05) is 24.3 Å². The summed E-state index contributed by atoms with van der Waals surface area (Å²) in [5.41, 5.74) is 8.05. The molecule has 122 valence electrons. The Bertz CT molecular complexity index is 533. The van der Waals surface area contributed by atoms with Crippen molar-refractivity contribution < 1.29 is 4.79 Å². The van der Waals surface area contributed by atoms with Gasteiger partial charge in [-0.05, 0) is 58.6 Å². The number of likely N-dealkylation sites (tertiary alicyclic amines) is 1. The second-order valence-electron chi connectivity index (χ2n) is 7.71. The molecule has 3 N–H and O–H groups in total. The van der Waals surface area contributed by atoms with Crippen LogP contribution in [-0.4, -0.2) is 28.1 Å². The van der Waals surface area contributed by atoms with Gasteiger partial charge < -0.3 is 16.0 Å². The standard InChI is InChI=1S/C18H29N3O/c1-13-8-6-7-9-14(13)12-20-16(22)21-17(2,3)10-15(19)11-18(21,4)5/h6-9,15H,10-12,19H2,1-5H3,(H,20,22). The molecular weight excluding hydrogens is 274 g/mol. The summed E-state index contributed by atoms with van der Waals surface area (Å²) in [6.07, 6.45) is 1.66. The minimum absolute atomic E-state index is 0.00912. The topological polar surface area (TPSA) is 58.4 Å². The number of nitrogens with two attached hydrogens (primary N) is 1. The van der Waals surface area contributed by atoms with Crippen LogP contribution in [0.3, 0.4) is 0 Å². The number of urea groups is 1. The SMILES string of the molecule is Cc1ccccc1CNC(=O)N1C(C)(C)CC(N)CC1(C)C. The predicted molar refractivity (Wildman–Crippen MR) is 90.6 cm³/mol. The normalized spacial score (nSPS) is 20.7. The van der Waals surface area contributed by atoms with Crippen LogP contribution in [0, 0.1) is 6.92 Å². The number of benzene rings is 1. The van der Waals surface area contributed by atoms with E-state index in [9.17, 15) is 4.79 Å². The molecule has 4 heteroatoms. The van der Waals surface area contributed by atoms with Gasteiger partial charge in [0.05, 0.1) is 0 Å². The Kier molecular flexibility index (Phi) is 4.52. The molecule has 0 atom stereocenters. The molecule has 0 spiro atoms. The first-order chi connectivity index (χ1) is 10.1. The minimum atomic E-state index is -0.239. The molecule has 0 radical (unpaired) electrons. The van der Waals surface area contributed by atoms with Crippen LogP contribution < -0.4 is 11.1 Å². The maximum Gasteiger partial charge on any atom is 0.318 e. The van der Waals surface area contributed by atoms with Crippen molar-refractivity contribution in [2.45, 2.75) is 71.1 Å². The van der Waals surface area contributed by atoms with Crippen LogP contribution in [0.1, 0.15) is 51.7 Å². The Morgan fingerprint density at radius 3 is 2.32 bits per heavy atom. The third-order valence-electron chi connectivity index (χ3n) is 4.63. The number of hydrogen-bond donors (Lipinski definition) is 2. The summed E-state index contributed by atoms with van der Waals surface area (Å²) in [5.74, 6) is 0. The molecule has 1 heterocycles. The summed E-state index contributed by atoms with van der Waals surface area (Å²) < 4.78 is 0. The zero-order valence-corrected chi connectivity index (χ0v) is 14.4. The van der Waals surface area contributed by atoms with Gasteiger partial charge in [-0.3, -0.25) is 0 Å². The van der Waals surface area contributed by atoms with Gasteiger partial charge in [0.2, 0.25) is 0 Å². The second-order valence-corrected chi connectivity index (χ2v) is 7.71. The maximum absolute atomic E-state index is 12.8. The van der Waals surface area contributed by atoms with Crippen molar-refractivity contribution in [1.82, 2.24) is 10.2 Å². The van der Waals surface area contributed by atoms with E-state index in [4.69, 9.17) is 5.73 Å². The number of piperidine rings is 1. The highest BCUT2D eigenvalue weighted by Crippen LogP contribution is 2.37. The summed E-state index contributed by atoms with van der Waals surface area (Å²) in [5, 5.41) is 3.08. The Morgan fingerprint density at radius 1 is 1.23 bits per heavy atom. The molecule has 0 unspecified atom stereocenters. The molecule has 0 aromatic heterocycles. The van der Waals surface area contributed by atoms with Gasteiger partial charge in [0.25, 0.3) is 0 Å².